The van der Waals surface area contributed by atoms with Crippen LogP contribution in [0.4, 0.5) is 0 Å². The first kappa shape index (κ1) is 21.7. The molecule has 1 saturated carbocycles. The molecule has 29 heavy (non-hydrogen) atoms. The number of hydrogen-bond donors (Lipinski definition) is 0. The molecule has 0 amide bonds. The first-order chi connectivity index (χ1) is 13.9. The second-order valence-electron chi connectivity index (χ2n) is 7.58. The van der Waals surface area contributed by atoms with Gasteiger partial charge in [0.1, 0.15) is 6.29 Å². The maximum atomic E-state index is 13.4. The van der Waals surface area contributed by atoms with E-state index >= 15 is 0 Å². The highest BCUT2D eigenvalue weighted by Gasteiger charge is 2.42. The van der Waals surface area contributed by atoms with Crippen LogP contribution in [0, 0.1) is 11.8 Å². The number of carbonyl (C=O) groups is 1. The number of sulfone groups is 2. The first-order valence-corrected chi connectivity index (χ1v) is 13.0. The van der Waals surface area contributed by atoms with Crippen LogP contribution in [-0.4, -0.2) is 27.7 Å². The quantitative estimate of drug-likeness (QED) is 0.585. The Balaban J connectivity index is 2.05. The number of hydrogen-bond acceptors (Lipinski definition) is 5. The molecule has 0 N–H and O–H groups in total. The van der Waals surface area contributed by atoms with Crippen LogP contribution in [0.25, 0.3) is 0 Å². The van der Waals surface area contributed by atoms with Crippen LogP contribution < -0.4 is 0 Å². The van der Waals surface area contributed by atoms with E-state index in [2.05, 4.69) is 0 Å². The van der Waals surface area contributed by atoms with Crippen molar-refractivity contribution < 1.29 is 21.6 Å². The molecule has 0 spiro atoms. The Bertz CT molecular complexity index is 940. The lowest BCUT2D eigenvalue weighted by atomic mass is 9.79. The van der Waals surface area contributed by atoms with Crippen molar-refractivity contribution in [3.05, 3.63) is 60.7 Å². The zero-order valence-electron chi connectivity index (χ0n) is 16.2. The van der Waals surface area contributed by atoms with E-state index in [1.54, 1.807) is 36.4 Å². The molecule has 0 heterocycles. The molecule has 2 aromatic carbocycles. The summed E-state index contributed by atoms with van der Waals surface area (Å²) in [6, 6.07) is 15.2. The molecule has 1 aliphatic carbocycles. The molecule has 5 nitrogen and oxygen atoms in total. The van der Waals surface area contributed by atoms with E-state index < -0.39 is 30.2 Å². The van der Waals surface area contributed by atoms with Gasteiger partial charge in [-0.05, 0) is 49.4 Å². The van der Waals surface area contributed by atoms with Crippen LogP contribution in [0.1, 0.15) is 38.5 Å². The summed E-state index contributed by atoms with van der Waals surface area (Å²) in [7, 11) is -8.40. The van der Waals surface area contributed by atoms with Gasteiger partial charge in [-0.15, -0.1) is 0 Å². The number of carbonyl (C=O) groups excluding carboxylic acids is 1. The van der Waals surface area contributed by atoms with E-state index in [4.69, 9.17) is 0 Å². The Morgan fingerprint density at radius 1 is 0.759 bits per heavy atom. The second kappa shape index (κ2) is 9.22. The Kier molecular flexibility index (Phi) is 6.90. The molecule has 0 bridgehead atoms. The Morgan fingerprint density at radius 3 is 1.62 bits per heavy atom. The highest BCUT2D eigenvalue weighted by Crippen LogP contribution is 2.36. The molecule has 1 atom stereocenters. The molecular formula is C22H26O5S2. The molecule has 0 unspecified atom stereocenters. The molecule has 7 heteroatoms. The largest absolute Gasteiger partial charge is 0.303 e. The van der Waals surface area contributed by atoms with Gasteiger partial charge < -0.3 is 4.79 Å². The summed E-state index contributed by atoms with van der Waals surface area (Å²) in [4.78, 5) is 11.8. The van der Waals surface area contributed by atoms with Gasteiger partial charge in [-0.25, -0.2) is 16.8 Å². The fraction of sp³-hybridized carbons (Fsp3) is 0.409. The third-order valence-electron chi connectivity index (χ3n) is 5.73. The molecule has 156 valence electrons. The average molecular weight is 435 g/mol. The van der Waals surface area contributed by atoms with Gasteiger partial charge in [0.2, 0.25) is 0 Å². The topological polar surface area (TPSA) is 85.3 Å². The number of aldehydes is 1. The Labute approximate surface area is 173 Å². The van der Waals surface area contributed by atoms with E-state index in [9.17, 15) is 21.6 Å². The van der Waals surface area contributed by atoms with Crippen molar-refractivity contribution in [3.8, 4) is 0 Å². The molecule has 1 fully saturated rings. The Morgan fingerprint density at radius 2 is 1.21 bits per heavy atom. The second-order valence-corrected chi connectivity index (χ2v) is 12.1. The SMILES string of the molecule is O=C[C@H](CC(S(=O)(=O)c1ccccc1)S(=O)(=O)c1ccccc1)C1CCCCC1. The van der Waals surface area contributed by atoms with Crippen molar-refractivity contribution >= 4 is 26.0 Å². The summed E-state index contributed by atoms with van der Waals surface area (Å²) in [5, 5.41) is 0. The minimum Gasteiger partial charge on any atom is -0.303 e. The summed E-state index contributed by atoms with van der Waals surface area (Å²) >= 11 is 0. The highest BCUT2D eigenvalue weighted by molar-refractivity contribution is 8.09. The monoisotopic (exact) mass is 434 g/mol. The summed E-state index contributed by atoms with van der Waals surface area (Å²) < 4.78 is 51.9. The van der Waals surface area contributed by atoms with Crippen LogP contribution in [0.5, 0.6) is 0 Å². The van der Waals surface area contributed by atoms with Gasteiger partial charge in [-0.3, -0.25) is 0 Å². The summed E-state index contributed by atoms with van der Waals surface area (Å²) in [6.45, 7) is 0. The smallest absolute Gasteiger partial charge is 0.195 e. The molecule has 1 aliphatic rings. The van der Waals surface area contributed by atoms with E-state index in [0.717, 1.165) is 38.4 Å². The van der Waals surface area contributed by atoms with Crippen molar-refractivity contribution in [2.24, 2.45) is 11.8 Å². The van der Waals surface area contributed by atoms with E-state index in [0.29, 0.717) is 0 Å². The van der Waals surface area contributed by atoms with Crippen LogP contribution >= 0.6 is 0 Å². The lowest BCUT2D eigenvalue weighted by Crippen LogP contribution is -2.35. The van der Waals surface area contributed by atoms with Crippen molar-refractivity contribution in [1.29, 1.82) is 0 Å². The minimum absolute atomic E-state index is 0.0284. The van der Waals surface area contributed by atoms with E-state index in [1.807, 2.05) is 0 Å². The van der Waals surface area contributed by atoms with Crippen LogP contribution in [0.2, 0.25) is 0 Å². The van der Waals surface area contributed by atoms with Gasteiger partial charge in [0.15, 0.2) is 24.3 Å². The molecular weight excluding hydrogens is 408 g/mol. The predicted molar refractivity (Wildman–Crippen MR) is 112 cm³/mol. The fourth-order valence-electron chi connectivity index (χ4n) is 4.09. The predicted octanol–water partition coefficient (Wildman–Crippen LogP) is 4.05. The maximum Gasteiger partial charge on any atom is 0.195 e. The standard InChI is InChI=1S/C22H26O5S2/c23-17-19(18-10-4-1-5-11-18)16-22(28(24,25)20-12-6-2-7-13-20)29(26,27)21-14-8-3-9-15-21/h2-3,6-9,12-15,17-19,22H,1,4-5,10-11,16H2/t19-/m0/s1. The van der Waals surface area contributed by atoms with Crippen molar-refractivity contribution in [3.63, 3.8) is 0 Å². The molecule has 3 rings (SSSR count). The zero-order valence-corrected chi connectivity index (χ0v) is 17.8. The fourth-order valence-corrected chi connectivity index (χ4v) is 8.72. The van der Waals surface area contributed by atoms with Gasteiger partial charge in [0.25, 0.3) is 0 Å². The van der Waals surface area contributed by atoms with Crippen molar-refractivity contribution in [1.82, 2.24) is 0 Å². The third-order valence-corrected chi connectivity index (χ3v) is 10.9. The van der Waals surface area contributed by atoms with Crippen LogP contribution in [0.3, 0.4) is 0 Å². The van der Waals surface area contributed by atoms with E-state index in [-0.39, 0.29) is 22.1 Å². The zero-order chi connectivity index (χ0) is 20.9. The maximum absolute atomic E-state index is 13.4. The average Bonchev–Trinajstić information content (AvgIpc) is 2.76. The van der Waals surface area contributed by atoms with Gasteiger partial charge in [-0.2, -0.15) is 0 Å². The molecule has 2 aromatic rings. The van der Waals surface area contributed by atoms with Gasteiger partial charge in [-0.1, -0.05) is 55.7 Å². The summed E-state index contributed by atoms with van der Waals surface area (Å²) in [5.41, 5.74) is 0. The van der Waals surface area contributed by atoms with Gasteiger partial charge in [0, 0.05) is 5.92 Å². The van der Waals surface area contributed by atoms with Crippen molar-refractivity contribution in [2.45, 2.75) is 52.9 Å². The van der Waals surface area contributed by atoms with Crippen LogP contribution in [-0.2, 0) is 24.5 Å². The third kappa shape index (κ3) is 4.78. The number of rotatable bonds is 8. The molecule has 0 aliphatic heterocycles. The normalized spacial score (nSPS) is 17.1. The van der Waals surface area contributed by atoms with Gasteiger partial charge in [0.05, 0.1) is 9.79 Å². The molecule has 0 radical (unpaired) electrons. The highest BCUT2D eigenvalue weighted by atomic mass is 32.3. The summed E-state index contributed by atoms with van der Waals surface area (Å²) in [5.74, 6) is -0.571. The van der Waals surface area contributed by atoms with Crippen LogP contribution in [0.15, 0.2) is 70.5 Å². The molecule has 0 aromatic heterocycles. The van der Waals surface area contributed by atoms with E-state index in [1.165, 1.54) is 24.3 Å². The lowest BCUT2D eigenvalue weighted by molar-refractivity contribution is -0.113. The number of benzene rings is 2. The molecule has 0 saturated heterocycles. The van der Waals surface area contributed by atoms with Crippen molar-refractivity contribution in [2.75, 3.05) is 0 Å². The first-order valence-electron chi connectivity index (χ1n) is 9.90. The Hall–Kier alpha value is -1.99. The lowest BCUT2D eigenvalue weighted by Gasteiger charge is -2.29. The summed E-state index contributed by atoms with van der Waals surface area (Å²) in [6.07, 6.45) is 5.25. The minimum atomic E-state index is -4.20. The van der Waals surface area contributed by atoms with Gasteiger partial charge >= 0.3 is 0 Å².